The number of hydrogen-bond acceptors (Lipinski definition) is 16. The van der Waals surface area contributed by atoms with Crippen molar-refractivity contribution in [1.29, 1.82) is 10.5 Å². The molecule has 2 amide bonds. The van der Waals surface area contributed by atoms with Gasteiger partial charge < -0.3 is 38.9 Å². The summed E-state index contributed by atoms with van der Waals surface area (Å²) in [5.74, 6) is -4.04. The summed E-state index contributed by atoms with van der Waals surface area (Å²) < 4.78 is 73.6. The standard InChI is InChI=1S/C65H68Cl2F4N14O4/c1-6-78-22-17-43(78)35-88-64-74-52-34-80(24-19-46(52)60(76-64)81-25-27-83(62(86)38(4)68)41(30-81)15-20-72)54-12-8-10-44-47(29-50(71)59(67)57(44)54)48-32-85(37(2)3)55(48)36-89-65-75-51-33-79(53-11-7-9-40-13-14-49(70)58(66)56(40)53)23-18-45(51)61(77-65)82-26-28-84(63(87)39(5)69)42(31-82)16-21-73/h7-14,29,37,41-43,48,55H,4-6,15-19,22-28,30-36H2,1-3H3/t41-,42-,43?,48?,55?/m0/s1. The molecule has 6 aromatic rings. The van der Waals surface area contributed by atoms with E-state index in [-0.39, 0.29) is 105 Å². The third-order valence-electron chi connectivity index (χ3n) is 18.7. The molecule has 4 aromatic carbocycles. The zero-order valence-corrected chi connectivity index (χ0v) is 51.4. The average Bonchev–Trinajstić information content (AvgIpc) is 0.853. The molecule has 4 fully saturated rings. The SMILES string of the molecule is C=C(F)C(=O)N1CCN(c2nc(OCC3C(c4cc(F)c(Cl)c5c(N6CCc7c(nc(OCC8CCN8CC)nc7N7CCN(C(=O)C(=C)F)[C@@H](CC#N)C7)C6)cccc45)CN3C(C)C)nc3c2CCN(c2cccc4ccc(F)c(Cl)c24)C3)C[C@@H]1CC#N. The Balaban J connectivity index is 0.855. The monoisotopic (exact) mass is 1250 g/mol. The number of nitriles is 2. The van der Waals surface area contributed by atoms with Crippen LogP contribution in [0.3, 0.4) is 0 Å². The predicted octanol–water partition coefficient (Wildman–Crippen LogP) is 9.84. The molecular formula is C65H68Cl2F4N14O4. The van der Waals surface area contributed by atoms with Crippen molar-refractivity contribution in [1.82, 2.24) is 39.5 Å². The van der Waals surface area contributed by atoms with Gasteiger partial charge in [-0.05, 0) is 80.3 Å². The van der Waals surface area contributed by atoms with Crippen molar-refractivity contribution >= 4 is 79.6 Å². The topological polar surface area (TPSA) is 178 Å². The highest BCUT2D eigenvalue weighted by molar-refractivity contribution is 6.37. The van der Waals surface area contributed by atoms with Crippen molar-refractivity contribution < 1.29 is 36.6 Å². The number of aromatic nitrogens is 4. The van der Waals surface area contributed by atoms with Crippen LogP contribution in [-0.4, -0.2) is 167 Å². The number of ether oxygens (including phenoxy) is 2. The van der Waals surface area contributed by atoms with Gasteiger partial charge >= 0.3 is 12.0 Å². The van der Waals surface area contributed by atoms with Crippen molar-refractivity contribution in [2.24, 2.45) is 0 Å². The Bertz CT molecular complexity index is 3900. The fraction of sp³-hybridized carbons (Fsp3) is 0.446. The van der Waals surface area contributed by atoms with Gasteiger partial charge in [0.2, 0.25) is 0 Å². The normalized spacial score (nSPS) is 21.2. The molecule has 0 radical (unpaired) electrons. The van der Waals surface area contributed by atoms with Crippen LogP contribution in [0.15, 0.2) is 79.4 Å². The maximum atomic E-state index is 16.8. The molecule has 0 N–H and O–H groups in total. The lowest BCUT2D eigenvalue weighted by Crippen LogP contribution is -2.59. The first-order chi connectivity index (χ1) is 42.9. The van der Waals surface area contributed by atoms with Gasteiger partial charge in [0.15, 0.2) is 11.7 Å². The third-order valence-corrected chi connectivity index (χ3v) is 19.5. The van der Waals surface area contributed by atoms with Gasteiger partial charge in [-0.1, -0.05) is 73.6 Å². The summed E-state index contributed by atoms with van der Waals surface area (Å²) in [6.07, 6.45) is 1.86. The molecule has 8 heterocycles. The number of fused-ring (bicyclic) bond motifs is 4. The molecule has 4 saturated heterocycles. The van der Waals surface area contributed by atoms with E-state index >= 15 is 8.78 Å². The van der Waals surface area contributed by atoms with Crippen molar-refractivity contribution in [3.63, 3.8) is 0 Å². The highest BCUT2D eigenvalue weighted by atomic mass is 35.5. The van der Waals surface area contributed by atoms with Crippen LogP contribution in [0, 0.1) is 34.3 Å². The molecule has 18 nitrogen and oxygen atoms in total. The van der Waals surface area contributed by atoms with Crippen molar-refractivity contribution in [2.45, 2.75) is 102 Å². The Labute approximate surface area is 524 Å². The Morgan fingerprint density at radius 2 is 1.22 bits per heavy atom. The molecular weight excluding hydrogens is 1190 g/mol. The molecule has 0 aliphatic carbocycles. The van der Waals surface area contributed by atoms with Gasteiger partial charge in [0.1, 0.15) is 36.5 Å². The molecule has 2 aromatic heterocycles. The van der Waals surface area contributed by atoms with Gasteiger partial charge in [-0.3, -0.25) is 19.4 Å². The van der Waals surface area contributed by atoms with Gasteiger partial charge in [0.25, 0.3) is 11.8 Å². The number of carbonyl (C=O) groups is 2. The van der Waals surface area contributed by atoms with Crippen LogP contribution in [0.25, 0.3) is 21.5 Å². The lowest BCUT2D eigenvalue weighted by atomic mass is 9.79. The quantitative estimate of drug-likeness (QED) is 0.0622. The molecule has 5 atom stereocenters. The Kier molecular flexibility index (Phi) is 17.5. The van der Waals surface area contributed by atoms with Crippen molar-refractivity contribution in [3.8, 4) is 24.2 Å². The van der Waals surface area contributed by atoms with Gasteiger partial charge in [0, 0.05) is 117 Å². The van der Waals surface area contributed by atoms with E-state index in [0.717, 1.165) is 52.7 Å². The number of rotatable bonds is 17. The van der Waals surface area contributed by atoms with Crippen LogP contribution in [0.5, 0.6) is 12.0 Å². The van der Waals surface area contributed by atoms with Gasteiger partial charge in [0.05, 0.1) is 77.6 Å². The van der Waals surface area contributed by atoms with Gasteiger partial charge in [-0.2, -0.15) is 30.5 Å². The number of nitrogens with zero attached hydrogens (tertiary/aromatic N) is 14. The number of anilines is 4. The minimum Gasteiger partial charge on any atom is -0.462 e. The van der Waals surface area contributed by atoms with E-state index in [0.29, 0.717) is 91.7 Å². The van der Waals surface area contributed by atoms with Crippen LogP contribution in [0.2, 0.25) is 10.0 Å². The number of carbonyl (C=O) groups excluding carboxylic acids is 2. The number of likely N-dealkylation sites (N-methyl/N-ethyl adjacent to an activating group) is 1. The number of benzene rings is 4. The zero-order valence-electron chi connectivity index (χ0n) is 49.9. The second kappa shape index (κ2) is 25.5. The first-order valence-corrected chi connectivity index (χ1v) is 31.1. The Hall–Kier alpha value is -8.02. The predicted molar refractivity (Wildman–Crippen MR) is 333 cm³/mol. The average molecular weight is 1260 g/mol. The lowest BCUT2D eigenvalue weighted by Gasteiger charge is -2.50. The molecule has 12 rings (SSSR count). The van der Waals surface area contributed by atoms with Gasteiger partial charge in [-0.15, -0.1) is 0 Å². The van der Waals surface area contributed by atoms with E-state index in [1.54, 1.807) is 6.07 Å². The third kappa shape index (κ3) is 11.7. The summed E-state index contributed by atoms with van der Waals surface area (Å²) in [7, 11) is 0. The summed E-state index contributed by atoms with van der Waals surface area (Å²) in [6.45, 7) is 18.5. The van der Waals surface area contributed by atoms with E-state index in [1.807, 2.05) is 46.2 Å². The second-order valence-electron chi connectivity index (χ2n) is 23.9. The Morgan fingerprint density at radius 3 is 1.75 bits per heavy atom. The summed E-state index contributed by atoms with van der Waals surface area (Å²) in [4.78, 5) is 61.7. The van der Waals surface area contributed by atoms with E-state index < -0.39 is 47.2 Å². The van der Waals surface area contributed by atoms with E-state index in [1.165, 1.54) is 21.9 Å². The van der Waals surface area contributed by atoms with Crippen LogP contribution >= 0.6 is 23.2 Å². The van der Waals surface area contributed by atoms with Gasteiger partial charge in [-0.25, -0.2) is 17.6 Å². The molecule has 464 valence electrons. The highest BCUT2D eigenvalue weighted by Crippen LogP contribution is 2.46. The second-order valence-corrected chi connectivity index (χ2v) is 24.7. The first kappa shape index (κ1) is 61.2. The highest BCUT2D eigenvalue weighted by Gasteiger charge is 2.44. The van der Waals surface area contributed by atoms with Crippen LogP contribution < -0.4 is 29.1 Å². The van der Waals surface area contributed by atoms with Crippen LogP contribution in [0.4, 0.5) is 40.6 Å². The van der Waals surface area contributed by atoms with Crippen LogP contribution in [0.1, 0.15) is 74.0 Å². The summed E-state index contributed by atoms with van der Waals surface area (Å²) in [6, 6.07) is 19.4. The summed E-state index contributed by atoms with van der Waals surface area (Å²) >= 11 is 13.8. The molecule has 0 spiro atoms. The van der Waals surface area contributed by atoms with Crippen LogP contribution in [-0.2, 0) is 35.5 Å². The van der Waals surface area contributed by atoms with Crippen molar-refractivity contribution in [2.75, 3.05) is 105 Å². The molecule has 6 aliphatic rings. The molecule has 89 heavy (non-hydrogen) atoms. The maximum Gasteiger partial charge on any atom is 0.318 e. The smallest absolute Gasteiger partial charge is 0.318 e. The van der Waals surface area contributed by atoms with E-state index in [9.17, 15) is 28.9 Å². The Morgan fingerprint density at radius 1 is 0.674 bits per heavy atom. The van der Waals surface area contributed by atoms with E-state index in [2.05, 4.69) is 65.7 Å². The van der Waals surface area contributed by atoms with E-state index in [4.69, 9.17) is 52.6 Å². The van der Waals surface area contributed by atoms with Crippen molar-refractivity contribution in [3.05, 3.63) is 129 Å². The molecule has 6 aliphatic heterocycles. The lowest BCUT2D eigenvalue weighted by molar-refractivity contribution is -0.132. The number of hydrogen-bond donors (Lipinski definition) is 0. The number of piperazine rings is 2. The minimum absolute atomic E-state index is 0.0162. The number of likely N-dealkylation sites (tertiary alicyclic amines) is 2. The fourth-order valence-electron chi connectivity index (χ4n) is 14.0. The first-order valence-electron chi connectivity index (χ1n) is 30.3. The summed E-state index contributed by atoms with van der Waals surface area (Å²) in [5.41, 5.74) is 5.28. The zero-order chi connectivity index (χ0) is 62.5. The molecule has 24 heteroatoms. The number of amides is 2. The minimum atomic E-state index is -1.10. The fourth-order valence-corrected chi connectivity index (χ4v) is 14.5. The maximum absolute atomic E-state index is 16.8. The molecule has 3 unspecified atom stereocenters. The molecule has 0 bridgehead atoms. The summed E-state index contributed by atoms with van der Waals surface area (Å²) in [5, 5.41) is 22.4. The largest absolute Gasteiger partial charge is 0.462 e. The number of halogens is 6. The molecule has 0 saturated carbocycles.